The van der Waals surface area contributed by atoms with Crippen LogP contribution in [0.2, 0.25) is 0 Å². The highest BCUT2D eigenvalue weighted by Gasteiger charge is 2.45. The summed E-state index contributed by atoms with van der Waals surface area (Å²) in [7, 11) is 3.43. The Morgan fingerprint density at radius 2 is 2.12 bits per heavy atom. The number of likely N-dealkylation sites (tertiary alicyclic amines) is 2. The number of carbonyl (C=O) groups is 3. The van der Waals surface area contributed by atoms with Crippen LogP contribution in [0.15, 0.2) is 18.3 Å². The van der Waals surface area contributed by atoms with Gasteiger partial charge in [0.2, 0.25) is 11.8 Å². The van der Waals surface area contributed by atoms with Crippen LogP contribution in [0.1, 0.15) is 19.8 Å². The number of hydrogen-bond donors (Lipinski definition) is 1. The van der Waals surface area contributed by atoms with Gasteiger partial charge < -0.3 is 20.0 Å². The van der Waals surface area contributed by atoms with Crippen molar-refractivity contribution in [3.63, 3.8) is 0 Å². The quantitative estimate of drug-likeness (QED) is 0.871. The number of piperidine rings is 1. The maximum Gasteiger partial charge on any atom is 0.322 e. The number of rotatable bonds is 2. The Morgan fingerprint density at radius 3 is 2.76 bits per heavy atom. The van der Waals surface area contributed by atoms with Crippen LogP contribution in [0.3, 0.4) is 0 Å². The number of anilines is 2. The van der Waals surface area contributed by atoms with Crippen LogP contribution >= 0.6 is 0 Å². The Hall–Kier alpha value is -2.64. The lowest BCUT2D eigenvalue weighted by Gasteiger charge is -2.35. The average Bonchev–Trinajstić information content (AvgIpc) is 2.89. The van der Waals surface area contributed by atoms with Gasteiger partial charge in [-0.05, 0) is 25.0 Å². The molecule has 1 N–H and O–H groups in total. The second-order valence-corrected chi connectivity index (χ2v) is 6.64. The molecule has 0 aromatic carbocycles. The van der Waals surface area contributed by atoms with Gasteiger partial charge in [0.25, 0.3) is 0 Å². The fourth-order valence-electron chi connectivity index (χ4n) is 3.49. The van der Waals surface area contributed by atoms with Crippen molar-refractivity contribution in [3.8, 4) is 0 Å². The fourth-order valence-corrected chi connectivity index (χ4v) is 3.49. The third-order valence-electron chi connectivity index (χ3n) is 5.01. The number of aromatic nitrogens is 1. The van der Waals surface area contributed by atoms with Crippen molar-refractivity contribution in [2.45, 2.75) is 25.8 Å². The third-order valence-corrected chi connectivity index (χ3v) is 5.01. The van der Waals surface area contributed by atoms with E-state index in [9.17, 15) is 14.4 Å². The van der Waals surface area contributed by atoms with Crippen LogP contribution in [-0.4, -0.2) is 65.9 Å². The summed E-state index contributed by atoms with van der Waals surface area (Å²) in [6.07, 6.45) is 3.19. The lowest BCUT2D eigenvalue weighted by Crippen LogP contribution is -2.50. The van der Waals surface area contributed by atoms with Crippen LogP contribution in [-0.2, 0) is 9.59 Å². The summed E-state index contributed by atoms with van der Waals surface area (Å²) < 4.78 is 0. The molecule has 0 unspecified atom stereocenters. The second kappa shape index (κ2) is 6.70. The molecule has 25 heavy (non-hydrogen) atoms. The molecule has 4 amide bonds. The first kappa shape index (κ1) is 17.2. The number of fused-ring (bicyclic) bond motifs is 1. The summed E-state index contributed by atoms with van der Waals surface area (Å²) in [5, 5.41) is 2.84. The Morgan fingerprint density at radius 1 is 1.36 bits per heavy atom. The molecule has 8 heteroatoms. The average molecular weight is 345 g/mol. The van der Waals surface area contributed by atoms with Crippen molar-refractivity contribution in [1.29, 1.82) is 0 Å². The van der Waals surface area contributed by atoms with E-state index in [1.54, 1.807) is 36.0 Å². The molecule has 0 spiro atoms. The number of likely N-dealkylation sites (N-methyl/N-ethyl adjacent to an activating group) is 1. The van der Waals surface area contributed by atoms with E-state index in [4.69, 9.17) is 0 Å². The fraction of sp³-hybridized carbons (Fsp3) is 0.529. The van der Waals surface area contributed by atoms with Crippen molar-refractivity contribution in [1.82, 2.24) is 14.8 Å². The van der Waals surface area contributed by atoms with Gasteiger partial charge in [0.1, 0.15) is 5.82 Å². The predicted molar refractivity (Wildman–Crippen MR) is 93.2 cm³/mol. The highest BCUT2D eigenvalue weighted by molar-refractivity contribution is 5.92. The number of hydrogen-bond acceptors (Lipinski definition) is 4. The SMILES string of the molecule is CC(=O)N(C)c1ccc(NC(=O)N2CCC[C@H]3C(=O)N(C)C[C@H]32)cn1. The van der Waals surface area contributed by atoms with Crippen LogP contribution in [0.4, 0.5) is 16.3 Å². The van der Waals surface area contributed by atoms with Crippen molar-refractivity contribution in [2.75, 3.05) is 37.4 Å². The van der Waals surface area contributed by atoms with Crippen molar-refractivity contribution < 1.29 is 14.4 Å². The largest absolute Gasteiger partial charge is 0.343 e. The zero-order valence-corrected chi connectivity index (χ0v) is 14.7. The second-order valence-electron chi connectivity index (χ2n) is 6.64. The minimum absolute atomic E-state index is 0.0673. The van der Waals surface area contributed by atoms with Crippen LogP contribution < -0.4 is 10.2 Å². The van der Waals surface area contributed by atoms with Gasteiger partial charge in [-0.15, -0.1) is 0 Å². The van der Waals surface area contributed by atoms with Gasteiger partial charge >= 0.3 is 6.03 Å². The molecular formula is C17H23N5O3. The molecule has 2 saturated heterocycles. The highest BCUT2D eigenvalue weighted by Crippen LogP contribution is 2.31. The first-order valence-corrected chi connectivity index (χ1v) is 8.41. The van der Waals surface area contributed by atoms with Crippen molar-refractivity contribution in [2.24, 2.45) is 5.92 Å². The van der Waals surface area contributed by atoms with E-state index in [0.29, 0.717) is 24.6 Å². The number of amides is 4. The molecule has 0 radical (unpaired) electrons. The summed E-state index contributed by atoms with van der Waals surface area (Å²) in [4.78, 5) is 45.2. The van der Waals surface area contributed by atoms with Gasteiger partial charge in [-0.3, -0.25) is 9.59 Å². The molecule has 134 valence electrons. The van der Waals surface area contributed by atoms with Crippen molar-refractivity contribution in [3.05, 3.63) is 18.3 Å². The van der Waals surface area contributed by atoms with Crippen LogP contribution in [0.5, 0.6) is 0 Å². The highest BCUT2D eigenvalue weighted by atomic mass is 16.2. The van der Waals surface area contributed by atoms with Gasteiger partial charge in [0.15, 0.2) is 0 Å². The minimum Gasteiger partial charge on any atom is -0.343 e. The summed E-state index contributed by atoms with van der Waals surface area (Å²) in [6, 6.07) is 3.12. The molecule has 2 fully saturated rings. The van der Waals surface area contributed by atoms with E-state index in [-0.39, 0.29) is 29.8 Å². The predicted octanol–water partition coefficient (Wildman–Crippen LogP) is 1.15. The molecule has 2 atom stereocenters. The monoisotopic (exact) mass is 345 g/mol. The van der Waals surface area contributed by atoms with E-state index >= 15 is 0 Å². The molecule has 1 aromatic rings. The molecule has 3 rings (SSSR count). The topological polar surface area (TPSA) is 85.8 Å². The summed E-state index contributed by atoms with van der Waals surface area (Å²) >= 11 is 0. The van der Waals surface area contributed by atoms with Gasteiger partial charge in [-0.2, -0.15) is 0 Å². The third kappa shape index (κ3) is 3.29. The van der Waals surface area contributed by atoms with Crippen LogP contribution in [0, 0.1) is 5.92 Å². The molecule has 1 aromatic heterocycles. The summed E-state index contributed by atoms with van der Waals surface area (Å²) in [6.45, 7) is 2.69. The van der Waals surface area contributed by atoms with E-state index in [1.807, 2.05) is 0 Å². The Labute approximate surface area is 146 Å². The maximum atomic E-state index is 12.6. The molecular weight excluding hydrogens is 322 g/mol. The molecule has 0 bridgehead atoms. The van der Waals surface area contributed by atoms with Crippen molar-refractivity contribution >= 4 is 29.4 Å². The molecule has 0 aliphatic carbocycles. The Bertz CT molecular complexity index is 690. The zero-order valence-electron chi connectivity index (χ0n) is 14.7. The first-order valence-electron chi connectivity index (χ1n) is 8.41. The standard InChI is InChI=1S/C17H23N5O3/c1-11(23)21(3)15-7-6-12(9-18-15)19-17(25)22-8-4-5-13-14(22)10-20(2)16(13)24/h6-7,9,13-14H,4-5,8,10H2,1-3H3,(H,19,25)/t13-,14-/m1/s1. The van der Waals surface area contributed by atoms with E-state index in [0.717, 1.165) is 12.8 Å². The lowest BCUT2D eigenvalue weighted by atomic mass is 9.92. The first-order chi connectivity index (χ1) is 11.9. The summed E-state index contributed by atoms with van der Waals surface area (Å²) in [5.74, 6) is 0.445. The number of nitrogens with one attached hydrogen (secondary N) is 1. The Kier molecular flexibility index (Phi) is 4.61. The van der Waals surface area contributed by atoms with Gasteiger partial charge in [-0.1, -0.05) is 0 Å². The van der Waals surface area contributed by atoms with Gasteiger partial charge in [0, 0.05) is 34.1 Å². The van der Waals surface area contributed by atoms with E-state index < -0.39 is 0 Å². The van der Waals surface area contributed by atoms with Gasteiger partial charge in [0.05, 0.1) is 23.8 Å². The lowest BCUT2D eigenvalue weighted by molar-refractivity contribution is -0.130. The molecule has 0 saturated carbocycles. The molecule has 2 aliphatic rings. The Balaban J connectivity index is 1.68. The molecule has 8 nitrogen and oxygen atoms in total. The number of carbonyl (C=O) groups excluding carboxylic acids is 3. The number of pyridine rings is 1. The smallest absolute Gasteiger partial charge is 0.322 e. The van der Waals surface area contributed by atoms with Crippen LogP contribution in [0.25, 0.3) is 0 Å². The normalized spacial score (nSPS) is 22.6. The minimum atomic E-state index is -0.215. The molecule has 3 heterocycles. The maximum absolute atomic E-state index is 12.6. The number of urea groups is 1. The number of nitrogens with zero attached hydrogens (tertiary/aromatic N) is 4. The van der Waals surface area contributed by atoms with Gasteiger partial charge in [-0.25, -0.2) is 9.78 Å². The van der Waals surface area contributed by atoms with E-state index in [2.05, 4.69) is 10.3 Å². The van der Waals surface area contributed by atoms with E-state index in [1.165, 1.54) is 18.0 Å². The zero-order chi connectivity index (χ0) is 18.1. The summed E-state index contributed by atoms with van der Waals surface area (Å²) in [5.41, 5.74) is 0.561. The molecule has 2 aliphatic heterocycles.